The van der Waals surface area contributed by atoms with Gasteiger partial charge in [0.25, 0.3) is 5.91 Å². The Labute approximate surface area is 197 Å². The second kappa shape index (κ2) is 8.49. The molecule has 156 valence electrons. The molecule has 0 aliphatic rings. The molecule has 1 amide bonds. The summed E-state index contributed by atoms with van der Waals surface area (Å²) in [5.74, 6) is -0.280. The van der Waals surface area contributed by atoms with Crippen LogP contribution in [0.1, 0.15) is 10.4 Å². The molecule has 32 heavy (non-hydrogen) atoms. The van der Waals surface area contributed by atoms with Crippen molar-refractivity contribution in [2.75, 3.05) is 5.32 Å². The Morgan fingerprint density at radius 2 is 1.62 bits per heavy atom. The van der Waals surface area contributed by atoms with E-state index >= 15 is 0 Å². The fourth-order valence-electron chi connectivity index (χ4n) is 3.42. The summed E-state index contributed by atoms with van der Waals surface area (Å²) >= 11 is 8.66. The van der Waals surface area contributed by atoms with Gasteiger partial charge in [-0.1, -0.05) is 52.3 Å². The van der Waals surface area contributed by atoms with Crippen LogP contribution in [0.15, 0.2) is 89.4 Å². The maximum atomic E-state index is 12.4. The zero-order valence-corrected chi connectivity index (χ0v) is 19.0. The summed E-state index contributed by atoms with van der Waals surface area (Å²) in [7, 11) is 0. The molecule has 0 saturated heterocycles. The number of hydrogen-bond acceptors (Lipinski definition) is 4. The third-order valence-electron chi connectivity index (χ3n) is 4.95. The van der Waals surface area contributed by atoms with Crippen LogP contribution in [0.25, 0.3) is 27.5 Å². The second-order valence-corrected chi connectivity index (χ2v) is 8.43. The largest absolute Gasteiger partial charge is 0.332 e. The Balaban J connectivity index is 1.36. The minimum absolute atomic E-state index is 0.207. The Morgan fingerprint density at radius 3 is 2.47 bits per heavy atom. The molecule has 4 aromatic carbocycles. The van der Waals surface area contributed by atoms with Crippen molar-refractivity contribution < 1.29 is 4.79 Å². The zero-order chi connectivity index (χ0) is 22.1. The van der Waals surface area contributed by atoms with Gasteiger partial charge in [0, 0.05) is 21.1 Å². The van der Waals surface area contributed by atoms with Crippen molar-refractivity contribution in [3.05, 3.63) is 95.0 Å². The highest BCUT2D eigenvalue weighted by atomic mass is 79.9. The fraction of sp³-hybridized carbons (Fsp3) is 0. The molecule has 6 nitrogen and oxygen atoms in total. The molecule has 8 heteroatoms. The third-order valence-corrected chi connectivity index (χ3v) is 5.69. The molecule has 0 spiro atoms. The van der Waals surface area contributed by atoms with Crippen molar-refractivity contribution in [1.29, 1.82) is 0 Å². The molecule has 2 N–H and O–H groups in total. The minimum atomic E-state index is -0.280. The van der Waals surface area contributed by atoms with E-state index in [1.165, 1.54) is 0 Å². The van der Waals surface area contributed by atoms with Gasteiger partial charge in [-0.3, -0.25) is 10.1 Å². The van der Waals surface area contributed by atoms with E-state index in [1.54, 1.807) is 29.1 Å². The van der Waals surface area contributed by atoms with Gasteiger partial charge < -0.3 is 5.32 Å². The monoisotopic (exact) mass is 501 g/mol. The molecule has 5 rings (SSSR count). The number of nitrogens with zero attached hydrogens (tertiary/aromatic N) is 3. The Kier molecular flexibility index (Phi) is 5.38. The van der Waals surface area contributed by atoms with Crippen LogP contribution in [0.2, 0.25) is 0 Å². The van der Waals surface area contributed by atoms with Crippen molar-refractivity contribution >= 4 is 66.7 Å². The van der Waals surface area contributed by atoms with Gasteiger partial charge in [0.1, 0.15) is 11.0 Å². The number of benzene rings is 4. The molecule has 0 aliphatic heterocycles. The SMILES string of the molecule is O=C(NC(=S)Nc1ccc2nn(-c3cccc4ccccc34)nc2c1)c1ccc(Br)cc1. The highest BCUT2D eigenvalue weighted by molar-refractivity contribution is 9.10. The van der Waals surface area contributed by atoms with E-state index in [4.69, 9.17) is 12.2 Å². The van der Waals surface area contributed by atoms with E-state index in [-0.39, 0.29) is 11.0 Å². The van der Waals surface area contributed by atoms with E-state index in [0.29, 0.717) is 16.8 Å². The number of carbonyl (C=O) groups excluding carboxylic acids is 1. The standard InChI is InChI=1S/C24H16BrN5OS/c25-17-10-8-16(9-11-17)23(31)27-24(32)26-18-12-13-20-21(14-18)29-30(28-20)22-7-3-5-15-4-1-2-6-19(15)22/h1-14H,(H2,26,27,31,32). The summed E-state index contributed by atoms with van der Waals surface area (Å²) in [5, 5.41) is 17.4. The van der Waals surface area contributed by atoms with E-state index in [1.807, 2.05) is 42.5 Å². The molecule has 0 radical (unpaired) electrons. The lowest BCUT2D eigenvalue weighted by molar-refractivity contribution is 0.0977. The van der Waals surface area contributed by atoms with Crippen molar-refractivity contribution in [1.82, 2.24) is 20.3 Å². The normalized spacial score (nSPS) is 10.9. The quantitative estimate of drug-likeness (QED) is 0.321. The van der Waals surface area contributed by atoms with Crippen molar-refractivity contribution in [2.24, 2.45) is 0 Å². The molecular formula is C24H16BrN5OS. The van der Waals surface area contributed by atoms with Crippen LogP contribution < -0.4 is 10.6 Å². The Bertz CT molecular complexity index is 1470. The number of carbonyl (C=O) groups is 1. The number of anilines is 1. The van der Waals surface area contributed by atoms with Gasteiger partial charge in [-0.2, -0.15) is 0 Å². The molecule has 0 fully saturated rings. The highest BCUT2D eigenvalue weighted by Crippen LogP contribution is 2.23. The van der Waals surface area contributed by atoms with Crippen molar-refractivity contribution in [2.45, 2.75) is 0 Å². The van der Waals surface area contributed by atoms with E-state index in [2.05, 4.69) is 55.0 Å². The summed E-state index contributed by atoms with van der Waals surface area (Å²) < 4.78 is 0.902. The summed E-state index contributed by atoms with van der Waals surface area (Å²) in [6, 6.07) is 26.8. The topological polar surface area (TPSA) is 71.8 Å². The van der Waals surface area contributed by atoms with E-state index in [9.17, 15) is 4.79 Å². The first-order valence-corrected chi connectivity index (χ1v) is 11.0. The molecule has 0 atom stereocenters. The number of thiocarbonyl (C=S) groups is 1. The molecular weight excluding hydrogens is 486 g/mol. The van der Waals surface area contributed by atoms with Gasteiger partial charge in [-0.15, -0.1) is 15.0 Å². The van der Waals surface area contributed by atoms with Gasteiger partial charge >= 0.3 is 0 Å². The summed E-state index contributed by atoms with van der Waals surface area (Å²) in [6.45, 7) is 0. The molecule has 1 heterocycles. The fourth-order valence-corrected chi connectivity index (χ4v) is 3.90. The maximum Gasteiger partial charge on any atom is 0.257 e. The highest BCUT2D eigenvalue weighted by Gasteiger charge is 2.11. The van der Waals surface area contributed by atoms with Gasteiger partial charge in [0.15, 0.2) is 5.11 Å². The van der Waals surface area contributed by atoms with Gasteiger partial charge in [-0.05, 0) is 66.1 Å². The summed E-state index contributed by atoms with van der Waals surface area (Å²) in [6.07, 6.45) is 0. The summed E-state index contributed by atoms with van der Waals surface area (Å²) in [4.78, 5) is 14.0. The lowest BCUT2D eigenvalue weighted by Crippen LogP contribution is -2.34. The predicted octanol–water partition coefficient (Wildman–Crippen LogP) is 5.46. The number of amides is 1. The lowest BCUT2D eigenvalue weighted by Gasteiger charge is -2.09. The van der Waals surface area contributed by atoms with Gasteiger partial charge in [0.2, 0.25) is 0 Å². The van der Waals surface area contributed by atoms with Crippen LogP contribution in [0.5, 0.6) is 0 Å². The lowest BCUT2D eigenvalue weighted by atomic mass is 10.1. The molecule has 0 unspecified atom stereocenters. The smallest absolute Gasteiger partial charge is 0.257 e. The maximum absolute atomic E-state index is 12.4. The number of fused-ring (bicyclic) bond motifs is 2. The van der Waals surface area contributed by atoms with Crippen LogP contribution in [0, 0.1) is 0 Å². The Morgan fingerprint density at radius 1 is 0.875 bits per heavy atom. The van der Waals surface area contributed by atoms with E-state index in [0.717, 1.165) is 26.4 Å². The van der Waals surface area contributed by atoms with Gasteiger partial charge in [-0.25, -0.2) is 0 Å². The molecule has 0 bridgehead atoms. The van der Waals surface area contributed by atoms with Crippen LogP contribution >= 0.6 is 28.1 Å². The first kappa shape index (κ1) is 20.3. The van der Waals surface area contributed by atoms with Crippen LogP contribution in [0.4, 0.5) is 5.69 Å². The molecule has 0 saturated carbocycles. The number of rotatable bonds is 3. The molecule has 5 aromatic rings. The summed E-state index contributed by atoms with van der Waals surface area (Å²) in [5.41, 5.74) is 3.61. The second-order valence-electron chi connectivity index (χ2n) is 7.11. The Hall–Kier alpha value is -3.62. The van der Waals surface area contributed by atoms with Crippen molar-refractivity contribution in [3.8, 4) is 5.69 Å². The first-order valence-electron chi connectivity index (χ1n) is 9.80. The number of aromatic nitrogens is 3. The average molecular weight is 502 g/mol. The van der Waals surface area contributed by atoms with Crippen molar-refractivity contribution in [3.63, 3.8) is 0 Å². The third kappa shape index (κ3) is 4.10. The first-order chi connectivity index (χ1) is 15.6. The number of hydrogen-bond donors (Lipinski definition) is 2. The minimum Gasteiger partial charge on any atom is -0.332 e. The molecule has 0 aliphatic carbocycles. The van der Waals surface area contributed by atoms with E-state index < -0.39 is 0 Å². The molecule has 1 aromatic heterocycles. The average Bonchev–Trinajstić information content (AvgIpc) is 3.22. The van der Waals surface area contributed by atoms with Crippen LogP contribution in [-0.4, -0.2) is 26.0 Å². The van der Waals surface area contributed by atoms with Crippen LogP contribution in [0.3, 0.4) is 0 Å². The number of halogens is 1. The zero-order valence-electron chi connectivity index (χ0n) is 16.6. The van der Waals surface area contributed by atoms with Crippen LogP contribution in [-0.2, 0) is 0 Å². The number of nitrogens with one attached hydrogen (secondary N) is 2. The van der Waals surface area contributed by atoms with Gasteiger partial charge in [0.05, 0.1) is 5.69 Å². The predicted molar refractivity (Wildman–Crippen MR) is 134 cm³/mol.